The number of carboxylic acid groups (broad SMARTS) is 1. The van der Waals surface area contributed by atoms with E-state index < -0.39 is 28.9 Å². The van der Waals surface area contributed by atoms with Gasteiger partial charge in [0.1, 0.15) is 5.60 Å². The molecule has 0 fully saturated rings. The maximum Gasteiger partial charge on any atom is 0.412 e. The lowest BCUT2D eigenvalue weighted by atomic mass is 9.86. The smallest absolute Gasteiger partial charge is 0.412 e. The van der Waals surface area contributed by atoms with Crippen LogP contribution in [-0.2, 0) is 14.3 Å². The number of benzene rings is 1. The van der Waals surface area contributed by atoms with Crippen LogP contribution in [0.15, 0.2) is 36.2 Å². The standard InChI is InChI=1S/C21H26N2O5/c1-20(2,3)28-19(27)23-16(17(24)11-21(4,5)18(25)26)10-13-12-22-15-9-7-6-8-14(13)15/h6-10,12,22H,11H2,1-5H3,(H,23,27)(H,25,26)/b16-10-. The van der Waals surface area contributed by atoms with Crippen molar-refractivity contribution in [2.45, 2.75) is 46.6 Å². The number of aromatic amines is 1. The Balaban J connectivity index is 2.39. The summed E-state index contributed by atoms with van der Waals surface area (Å²) >= 11 is 0. The first-order valence-electron chi connectivity index (χ1n) is 8.93. The molecule has 0 radical (unpaired) electrons. The molecule has 1 amide bonds. The summed E-state index contributed by atoms with van der Waals surface area (Å²) in [5.74, 6) is -1.59. The number of Topliss-reactive ketones (excluding diaryl/α,β-unsaturated/α-hetero) is 1. The number of aromatic nitrogens is 1. The number of aliphatic carboxylic acids is 1. The Labute approximate surface area is 163 Å². The molecular weight excluding hydrogens is 360 g/mol. The predicted octanol–water partition coefficient (Wildman–Crippen LogP) is 4.10. The molecule has 1 aromatic heterocycles. The van der Waals surface area contributed by atoms with Gasteiger partial charge in [-0.2, -0.15) is 0 Å². The molecule has 0 atom stereocenters. The topological polar surface area (TPSA) is 108 Å². The number of carbonyl (C=O) groups excluding carboxylic acids is 2. The maximum atomic E-state index is 12.8. The molecule has 1 aromatic carbocycles. The molecule has 3 N–H and O–H groups in total. The number of alkyl carbamates (subject to hydrolysis) is 1. The molecule has 150 valence electrons. The quantitative estimate of drug-likeness (QED) is 0.648. The first kappa shape index (κ1) is 21.2. The van der Waals surface area contributed by atoms with Crippen molar-refractivity contribution < 1.29 is 24.2 Å². The van der Waals surface area contributed by atoms with Crippen molar-refractivity contribution in [3.63, 3.8) is 0 Å². The second-order valence-corrected chi connectivity index (χ2v) is 8.26. The first-order valence-corrected chi connectivity index (χ1v) is 8.93. The van der Waals surface area contributed by atoms with Crippen LogP contribution in [0.1, 0.15) is 46.6 Å². The number of carboxylic acids is 1. The van der Waals surface area contributed by atoms with E-state index in [2.05, 4.69) is 10.3 Å². The highest BCUT2D eigenvalue weighted by molar-refractivity contribution is 6.05. The second-order valence-electron chi connectivity index (χ2n) is 8.26. The van der Waals surface area contributed by atoms with Gasteiger partial charge in [0, 0.05) is 29.1 Å². The molecule has 0 aliphatic carbocycles. The number of amides is 1. The number of H-pyrrole nitrogens is 1. The molecule has 7 heteroatoms. The highest BCUT2D eigenvalue weighted by Gasteiger charge is 2.32. The molecule has 2 aromatic rings. The summed E-state index contributed by atoms with van der Waals surface area (Å²) in [7, 11) is 0. The molecule has 0 bridgehead atoms. The molecule has 7 nitrogen and oxygen atoms in total. The van der Waals surface area contributed by atoms with Crippen molar-refractivity contribution in [2.75, 3.05) is 0 Å². The highest BCUT2D eigenvalue weighted by Crippen LogP contribution is 2.25. The summed E-state index contributed by atoms with van der Waals surface area (Å²) in [5, 5.41) is 12.7. The Hall–Kier alpha value is -3.09. The Morgan fingerprint density at radius 3 is 2.39 bits per heavy atom. The van der Waals surface area contributed by atoms with Gasteiger partial charge in [-0.15, -0.1) is 0 Å². The van der Waals surface area contributed by atoms with Crippen molar-refractivity contribution >= 4 is 34.8 Å². The Kier molecular flexibility index (Phi) is 5.97. The molecule has 1 heterocycles. The van der Waals surface area contributed by atoms with Gasteiger partial charge in [0.05, 0.1) is 11.1 Å². The van der Waals surface area contributed by atoms with Gasteiger partial charge >= 0.3 is 12.1 Å². The Morgan fingerprint density at radius 2 is 1.79 bits per heavy atom. The zero-order valence-corrected chi connectivity index (χ0v) is 16.8. The molecule has 0 saturated heterocycles. The van der Waals surface area contributed by atoms with E-state index in [-0.39, 0.29) is 12.1 Å². The summed E-state index contributed by atoms with van der Waals surface area (Å²) in [4.78, 5) is 39.5. The molecule has 0 unspecified atom stereocenters. The van der Waals surface area contributed by atoms with Gasteiger partial charge in [0.25, 0.3) is 0 Å². The monoisotopic (exact) mass is 386 g/mol. The summed E-state index contributed by atoms with van der Waals surface area (Å²) in [6.45, 7) is 8.06. The van der Waals surface area contributed by atoms with E-state index in [1.807, 2.05) is 24.3 Å². The van der Waals surface area contributed by atoms with Gasteiger partial charge < -0.3 is 14.8 Å². The number of hydrogen-bond donors (Lipinski definition) is 3. The third kappa shape index (κ3) is 5.45. The van der Waals surface area contributed by atoms with E-state index >= 15 is 0 Å². The van der Waals surface area contributed by atoms with Gasteiger partial charge in [-0.05, 0) is 46.8 Å². The van der Waals surface area contributed by atoms with Gasteiger partial charge in [-0.3, -0.25) is 14.9 Å². The van der Waals surface area contributed by atoms with Crippen LogP contribution in [0.25, 0.3) is 17.0 Å². The number of ether oxygens (including phenoxy) is 1. The van der Waals surface area contributed by atoms with E-state index in [0.717, 1.165) is 10.9 Å². The molecule has 0 spiro atoms. The fourth-order valence-electron chi connectivity index (χ4n) is 2.54. The van der Waals surface area contributed by atoms with Gasteiger partial charge in [-0.25, -0.2) is 4.79 Å². The summed E-state index contributed by atoms with van der Waals surface area (Å²) in [6.07, 6.45) is 2.20. The van der Waals surface area contributed by atoms with Crippen LogP contribution in [0.2, 0.25) is 0 Å². The SMILES string of the molecule is CC(C)(C)OC(=O)N/C(=C\c1c[nH]c2ccccc12)C(=O)CC(C)(C)C(=O)O. The number of fused-ring (bicyclic) bond motifs is 1. The first-order chi connectivity index (χ1) is 12.9. The molecule has 28 heavy (non-hydrogen) atoms. The lowest BCUT2D eigenvalue weighted by Crippen LogP contribution is -2.36. The van der Waals surface area contributed by atoms with E-state index in [4.69, 9.17) is 4.74 Å². The van der Waals surface area contributed by atoms with Crippen molar-refractivity contribution in [1.29, 1.82) is 0 Å². The van der Waals surface area contributed by atoms with Gasteiger partial charge in [0.2, 0.25) is 0 Å². The third-order valence-corrected chi connectivity index (χ3v) is 4.04. The lowest BCUT2D eigenvalue weighted by Gasteiger charge is -2.22. The van der Waals surface area contributed by atoms with E-state index in [0.29, 0.717) is 5.56 Å². The van der Waals surface area contributed by atoms with Crippen LogP contribution in [0.3, 0.4) is 0 Å². The molecule has 2 rings (SSSR count). The average Bonchev–Trinajstić information content (AvgIpc) is 2.95. The van der Waals surface area contributed by atoms with Crippen molar-refractivity contribution in [3.05, 3.63) is 41.7 Å². The average molecular weight is 386 g/mol. The van der Waals surface area contributed by atoms with Crippen molar-refractivity contribution in [3.8, 4) is 0 Å². The Morgan fingerprint density at radius 1 is 1.14 bits per heavy atom. The Bertz CT molecular complexity index is 932. The largest absolute Gasteiger partial charge is 0.481 e. The molecular formula is C21H26N2O5. The van der Waals surface area contributed by atoms with E-state index in [1.54, 1.807) is 27.0 Å². The number of hydrogen-bond acceptors (Lipinski definition) is 4. The van der Waals surface area contributed by atoms with Crippen LogP contribution in [0, 0.1) is 5.41 Å². The summed E-state index contributed by atoms with van der Waals surface area (Å²) < 4.78 is 5.24. The summed E-state index contributed by atoms with van der Waals surface area (Å²) in [5.41, 5.74) is -0.453. The molecule has 0 aliphatic heterocycles. The van der Waals surface area contributed by atoms with Gasteiger partial charge in [0.15, 0.2) is 5.78 Å². The lowest BCUT2D eigenvalue weighted by molar-refractivity contribution is -0.148. The number of nitrogens with one attached hydrogen (secondary N) is 2. The zero-order chi connectivity index (χ0) is 21.1. The van der Waals surface area contributed by atoms with Gasteiger partial charge in [-0.1, -0.05) is 18.2 Å². The van der Waals surface area contributed by atoms with Crippen molar-refractivity contribution in [2.24, 2.45) is 5.41 Å². The van der Waals surface area contributed by atoms with Crippen LogP contribution in [0.4, 0.5) is 4.79 Å². The van der Waals surface area contributed by atoms with Crippen LogP contribution in [0.5, 0.6) is 0 Å². The normalized spacial score (nSPS) is 12.7. The second kappa shape index (κ2) is 7.88. The molecule has 0 aliphatic rings. The maximum absolute atomic E-state index is 12.8. The predicted molar refractivity (Wildman–Crippen MR) is 107 cm³/mol. The summed E-state index contributed by atoms with van der Waals surface area (Å²) in [6, 6.07) is 7.52. The van der Waals surface area contributed by atoms with Crippen LogP contribution in [-0.4, -0.2) is 33.5 Å². The number of carbonyl (C=O) groups is 3. The highest BCUT2D eigenvalue weighted by atomic mass is 16.6. The zero-order valence-electron chi connectivity index (χ0n) is 16.8. The number of allylic oxidation sites excluding steroid dienone is 1. The number of ketones is 1. The number of rotatable bonds is 6. The van der Waals surface area contributed by atoms with E-state index in [9.17, 15) is 19.5 Å². The third-order valence-electron chi connectivity index (χ3n) is 4.04. The fraction of sp³-hybridized carbons (Fsp3) is 0.381. The van der Waals surface area contributed by atoms with Crippen LogP contribution < -0.4 is 5.32 Å². The van der Waals surface area contributed by atoms with E-state index in [1.165, 1.54) is 19.9 Å². The molecule has 0 saturated carbocycles. The van der Waals surface area contributed by atoms with Crippen LogP contribution >= 0.6 is 0 Å². The minimum Gasteiger partial charge on any atom is -0.481 e. The minimum absolute atomic E-state index is 0.0201. The van der Waals surface area contributed by atoms with Crippen molar-refractivity contribution in [1.82, 2.24) is 10.3 Å². The minimum atomic E-state index is -1.27. The number of para-hydroxylation sites is 1. The fourth-order valence-corrected chi connectivity index (χ4v) is 2.54.